The molecule has 0 aliphatic rings. The van der Waals surface area contributed by atoms with Gasteiger partial charge in [0.25, 0.3) is 5.91 Å². The predicted octanol–water partition coefficient (Wildman–Crippen LogP) is 3.70. The summed E-state index contributed by atoms with van der Waals surface area (Å²) in [5, 5.41) is 5.77. The average Bonchev–Trinajstić information content (AvgIpc) is 2.54. The lowest BCUT2D eigenvalue weighted by Crippen LogP contribution is -2.47. The van der Waals surface area contributed by atoms with Gasteiger partial charge in [-0.2, -0.15) is 0 Å². The van der Waals surface area contributed by atoms with Gasteiger partial charge in [0.15, 0.2) is 0 Å². The van der Waals surface area contributed by atoms with Crippen molar-refractivity contribution in [2.45, 2.75) is 33.7 Å². The average molecular weight is 324 g/mol. The Bertz CT molecular complexity index is 738. The molecule has 0 heterocycles. The van der Waals surface area contributed by atoms with Gasteiger partial charge in [-0.25, -0.2) is 0 Å². The molecular weight excluding hydrogens is 300 g/mol. The lowest BCUT2D eigenvalue weighted by atomic mass is 10.0. The summed E-state index contributed by atoms with van der Waals surface area (Å²) in [6.45, 7) is 7.65. The maximum absolute atomic E-state index is 12.6. The number of hydrogen-bond acceptors (Lipinski definition) is 2. The van der Waals surface area contributed by atoms with Gasteiger partial charge in [0, 0.05) is 11.3 Å². The molecule has 2 aromatic rings. The lowest BCUT2D eigenvalue weighted by Gasteiger charge is -2.22. The SMILES string of the molecule is Cc1ccccc1NC(=O)C(NC(=O)c1ccccc1C)C(C)C. The second-order valence-corrected chi connectivity index (χ2v) is 6.31. The van der Waals surface area contributed by atoms with Crippen LogP contribution in [0.25, 0.3) is 0 Å². The van der Waals surface area contributed by atoms with Gasteiger partial charge in [-0.05, 0) is 43.0 Å². The van der Waals surface area contributed by atoms with E-state index < -0.39 is 6.04 Å². The molecule has 2 N–H and O–H groups in total. The van der Waals surface area contributed by atoms with Crippen LogP contribution in [-0.4, -0.2) is 17.9 Å². The zero-order chi connectivity index (χ0) is 17.7. The predicted molar refractivity (Wildman–Crippen MR) is 97.1 cm³/mol. The normalized spacial score (nSPS) is 11.9. The van der Waals surface area contributed by atoms with Gasteiger partial charge in [0.05, 0.1) is 0 Å². The molecule has 4 nitrogen and oxygen atoms in total. The van der Waals surface area contributed by atoms with Crippen LogP contribution >= 0.6 is 0 Å². The molecule has 0 spiro atoms. The van der Waals surface area contributed by atoms with Gasteiger partial charge in [-0.3, -0.25) is 9.59 Å². The molecule has 2 amide bonds. The van der Waals surface area contributed by atoms with E-state index in [9.17, 15) is 9.59 Å². The number of benzene rings is 2. The molecule has 0 aliphatic heterocycles. The Morgan fingerprint density at radius 1 is 0.875 bits per heavy atom. The Balaban J connectivity index is 2.15. The number of para-hydroxylation sites is 1. The van der Waals surface area contributed by atoms with Crippen molar-refractivity contribution in [2.24, 2.45) is 5.92 Å². The summed E-state index contributed by atoms with van der Waals surface area (Å²) in [5.41, 5.74) is 3.22. The highest BCUT2D eigenvalue weighted by Crippen LogP contribution is 2.15. The fraction of sp³-hybridized carbons (Fsp3) is 0.300. The number of anilines is 1. The molecule has 0 fully saturated rings. The van der Waals surface area contributed by atoms with Crippen LogP contribution in [0.4, 0.5) is 5.69 Å². The van der Waals surface area contributed by atoms with Crippen molar-refractivity contribution < 1.29 is 9.59 Å². The molecule has 126 valence electrons. The van der Waals surface area contributed by atoms with Gasteiger partial charge in [0.2, 0.25) is 5.91 Å². The molecule has 1 atom stereocenters. The maximum Gasteiger partial charge on any atom is 0.252 e. The zero-order valence-electron chi connectivity index (χ0n) is 14.6. The first-order valence-electron chi connectivity index (χ1n) is 8.13. The Labute approximate surface area is 143 Å². The fourth-order valence-electron chi connectivity index (χ4n) is 2.51. The minimum atomic E-state index is -0.600. The number of amides is 2. The third-order valence-electron chi connectivity index (χ3n) is 4.03. The van der Waals surface area contributed by atoms with Crippen LogP contribution in [0.3, 0.4) is 0 Å². The third-order valence-corrected chi connectivity index (χ3v) is 4.03. The van der Waals surface area contributed by atoms with E-state index in [4.69, 9.17) is 0 Å². The summed E-state index contributed by atoms with van der Waals surface area (Å²) in [6, 6.07) is 14.3. The van der Waals surface area contributed by atoms with Crippen LogP contribution < -0.4 is 10.6 Å². The van der Waals surface area contributed by atoms with Crippen LogP contribution in [0.5, 0.6) is 0 Å². The van der Waals surface area contributed by atoms with Crippen LogP contribution in [0, 0.1) is 19.8 Å². The topological polar surface area (TPSA) is 58.2 Å². The monoisotopic (exact) mass is 324 g/mol. The smallest absolute Gasteiger partial charge is 0.252 e. The van der Waals surface area contributed by atoms with Gasteiger partial charge >= 0.3 is 0 Å². The maximum atomic E-state index is 12.6. The quantitative estimate of drug-likeness (QED) is 0.881. The summed E-state index contributed by atoms with van der Waals surface area (Å²) < 4.78 is 0. The second-order valence-electron chi connectivity index (χ2n) is 6.31. The first kappa shape index (κ1) is 17.7. The Morgan fingerprint density at radius 3 is 2.04 bits per heavy atom. The van der Waals surface area contributed by atoms with Gasteiger partial charge in [-0.1, -0.05) is 50.2 Å². The summed E-state index contributed by atoms with van der Waals surface area (Å²) in [5.74, 6) is -0.463. The second kappa shape index (κ2) is 7.77. The molecule has 1 unspecified atom stereocenters. The third kappa shape index (κ3) is 4.22. The lowest BCUT2D eigenvalue weighted by molar-refractivity contribution is -0.118. The van der Waals surface area contributed by atoms with Gasteiger partial charge in [0.1, 0.15) is 6.04 Å². The van der Waals surface area contributed by atoms with E-state index in [-0.39, 0.29) is 17.7 Å². The highest BCUT2D eigenvalue weighted by molar-refractivity contribution is 6.02. The molecule has 0 saturated heterocycles. The number of aryl methyl sites for hydroxylation is 2. The van der Waals surface area contributed by atoms with Gasteiger partial charge in [-0.15, -0.1) is 0 Å². The molecular formula is C20H24N2O2. The molecule has 0 radical (unpaired) electrons. The fourth-order valence-corrected chi connectivity index (χ4v) is 2.51. The number of carbonyl (C=O) groups excluding carboxylic acids is 2. The molecule has 0 bridgehead atoms. The zero-order valence-corrected chi connectivity index (χ0v) is 14.6. The van der Waals surface area contributed by atoms with Crippen LogP contribution in [0.15, 0.2) is 48.5 Å². The Kier molecular flexibility index (Phi) is 5.74. The van der Waals surface area contributed by atoms with E-state index in [0.717, 1.165) is 16.8 Å². The van der Waals surface area contributed by atoms with Crippen LogP contribution in [0.1, 0.15) is 35.3 Å². The van der Waals surface area contributed by atoms with Gasteiger partial charge < -0.3 is 10.6 Å². The summed E-state index contributed by atoms with van der Waals surface area (Å²) in [4.78, 5) is 25.1. The Morgan fingerprint density at radius 2 is 1.46 bits per heavy atom. The van der Waals surface area contributed by atoms with Crippen molar-refractivity contribution in [3.05, 3.63) is 65.2 Å². The molecule has 0 saturated carbocycles. The van der Waals surface area contributed by atoms with Crippen LogP contribution in [0.2, 0.25) is 0 Å². The summed E-state index contributed by atoms with van der Waals surface area (Å²) in [6.07, 6.45) is 0. The van der Waals surface area contributed by atoms with Crippen LogP contribution in [-0.2, 0) is 4.79 Å². The first-order chi connectivity index (χ1) is 11.4. The molecule has 4 heteroatoms. The van der Waals surface area contributed by atoms with Crippen molar-refractivity contribution in [3.8, 4) is 0 Å². The molecule has 0 aliphatic carbocycles. The summed E-state index contributed by atoms with van der Waals surface area (Å²) >= 11 is 0. The number of hydrogen-bond donors (Lipinski definition) is 2. The van der Waals surface area contributed by atoms with Crippen molar-refractivity contribution >= 4 is 17.5 Å². The number of carbonyl (C=O) groups is 2. The number of nitrogens with one attached hydrogen (secondary N) is 2. The van der Waals surface area contributed by atoms with E-state index in [2.05, 4.69) is 10.6 Å². The molecule has 2 rings (SSSR count). The largest absolute Gasteiger partial charge is 0.340 e. The van der Waals surface area contributed by atoms with Crippen molar-refractivity contribution in [3.63, 3.8) is 0 Å². The highest BCUT2D eigenvalue weighted by atomic mass is 16.2. The van der Waals surface area contributed by atoms with E-state index in [0.29, 0.717) is 5.56 Å². The van der Waals surface area contributed by atoms with Crippen molar-refractivity contribution in [2.75, 3.05) is 5.32 Å². The summed E-state index contributed by atoms with van der Waals surface area (Å²) in [7, 11) is 0. The van der Waals surface area contributed by atoms with Crippen molar-refractivity contribution in [1.29, 1.82) is 0 Å². The standard InChI is InChI=1S/C20H24N2O2/c1-13(2)18(20(24)21-17-12-8-6-10-15(17)4)22-19(23)16-11-7-5-9-14(16)3/h5-13,18H,1-4H3,(H,21,24)(H,22,23). The van der Waals surface area contributed by atoms with E-state index >= 15 is 0 Å². The first-order valence-corrected chi connectivity index (χ1v) is 8.13. The van der Waals surface area contributed by atoms with E-state index in [1.165, 1.54) is 0 Å². The highest BCUT2D eigenvalue weighted by Gasteiger charge is 2.25. The minimum Gasteiger partial charge on any atom is -0.340 e. The van der Waals surface area contributed by atoms with E-state index in [1.54, 1.807) is 6.07 Å². The minimum absolute atomic E-state index is 0.0259. The van der Waals surface area contributed by atoms with Crippen molar-refractivity contribution in [1.82, 2.24) is 5.32 Å². The Hall–Kier alpha value is -2.62. The molecule has 0 aromatic heterocycles. The molecule has 24 heavy (non-hydrogen) atoms. The number of rotatable bonds is 5. The van der Waals surface area contributed by atoms with E-state index in [1.807, 2.05) is 70.2 Å². The molecule has 2 aromatic carbocycles.